The van der Waals surface area contributed by atoms with Crippen LogP contribution >= 0.6 is 0 Å². The summed E-state index contributed by atoms with van der Waals surface area (Å²) in [5.74, 6) is 0.233. The Kier molecular flexibility index (Phi) is 2.34. The average molecular weight is 218 g/mol. The Hall–Kier alpha value is -3.10. The molecule has 12 heteroatoms. The monoisotopic (exact) mass is 218 g/mol. The molecule has 0 spiro atoms. The van der Waals surface area contributed by atoms with Crippen LogP contribution in [0.4, 0.5) is 11.9 Å². The van der Waals surface area contributed by atoms with Gasteiger partial charge in [0.1, 0.15) is 0 Å². The maximum Gasteiger partial charge on any atom is 0.221 e. The maximum atomic E-state index is 8.15. The fraction of sp³-hybridized carbons (Fsp3) is 0. The van der Waals surface area contributed by atoms with Gasteiger partial charge in [0.15, 0.2) is 0 Å². The van der Waals surface area contributed by atoms with E-state index in [2.05, 4.69) is 50.4 Å². The molecule has 0 radical (unpaired) electrons. The lowest BCUT2D eigenvalue weighted by molar-refractivity contribution is 1.05. The predicted molar refractivity (Wildman–Crippen MR) is 49.4 cm³/mol. The van der Waals surface area contributed by atoms with E-state index in [1.165, 1.54) is 0 Å². The number of hydrogen-bond donors (Lipinski definition) is 2. The van der Waals surface area contributed by atoms with Gasteiger partial charge in [-0.15, -0.1) is 10.2 Å². The van der Waals surface area contributed by atoms with Crippen molar-refractivity contribution < 1.29 is 0 Å². The van der Waals surface area contributed by atoms with E-state index in [0.717, 1.165) is 0 Å². The molecule has 0 amide bonds. The van der Waals surface area contributed by atoms with E-state index >= 15 is 0 Å². The van der Waals surface area contributed by atoms with Crippen LogP contribution in [0, 0.1) is 0 Å². The van der Waals surface area contributed by atoms with Crippen LogP contribution < -0.4 is 0 Å². The van der Waals surface area contributed by atoms with Crippen LogP contribution in [0.15, 0.2) is 10.2 Å². The molecule has 0 bridgehead atoms. The zero-order valence-corrected chi connectivity index (χ0v) is 7.47. The molecule has 0 aliphatic carbocycles. The number of azide groups is 2. The van der Waals surface area contributed by atoms with Crippen molar-refractivity contribution in [3.63, 3.8) is 0 Å². The van der Waals surface area contributed by atoms with E-state index in [-0.39, 0.29) is 23.5 Å². The van der Waals surface area contributed by atoms with Crippen LogP contribution in [0.5, 0.6) is 0 Å². The van der Waals surface area contributed by atoms with Crippen LogP contribution in [0.25, 0.3) is 32.5 Å². The van der Waals surface area contributed by atoms with E-state index in [0.29, 0.717) is 0 Å². The Morgan fingerprint density at radius 1 is 0.875 bits per heavy atom. The van der Waals surface area contributed by atoms with Crippen LogP contribution in [0.2, 0.25) is 0 Å². The molecule has 2 aromatic heterocycles. The number of nitrogens with one attached hydrogen (secondary N) is 2. The number of aromatic nitrogens is 6. The average Bonchev–Trinajstić information content (AvgIpc) is 2.87. The van der Waals surface area contributed by atoms with Gasteiger partial charge in [0.05, 0.1) is 0 Å². The zero-order valence-electron chi connectivity index (χ0n) is 7.47. The summed E-state index contributed by atoms with van der Waals surface area (Å²) in [5, 5.41) is 18.5. The SMILES string of the molecule is [N-]=[N+]=Nc1nc(-c2n[nH]c(N=[N+]=[N-])n2)n[nH]1. The molecule has 0 saturated heterocycles. The van der Waals surface area contributed by atoms with Gasteiger partial charge in [0.2, 0.25) is 23.5 Å². The third-order valence-corrected chi connectivity index (χ3v) is 1.43. The van der Waals surface area contributed by atoms with Crippen LogP contribution in [-0.2, 0) is 0 Å². The molecule has 12 nitrogen and oxygen atoms in total. The van der Waals surface area contributed by atoms with Gasteiger partial charge >= 0.3 is 0 Å². The van der Waals surface area contributed by atoms with Gasteiger partial charge in [-0.25, -0.2) is 9.97 Å². The number of hydrogen-bond acceptors (Lipinski definition) is 6. The molecule has 0 unspecified atom stereocenters. The summed E-state index contributed by atoms with van der Waals surface area (Å²) in [6.45, 7) is 0. The summed E-state index contributed by atoms with van der Waals surface area (Å²) >= 11 is 0. The van der Waals surface area contributed by atoms with Gasteiger partial charge in [0, 0.05) is 9.82 Å². The Bertz CT molecular complexity index is 536. The molecule has 0 aliphatic heterocycles. The second-order valence-electron chi connectivity index (χ2n) is 2.34. The zero-order chi connectivity index (χ0) is 11.4. The second-order valence-corrected chi connectivity index (χ2v) is 2.34. The minimum atomic E-state index is -0.00682. The molecule has 0 saturated carbocycles. The largest absolute Gasteiger partial charge is 0.257 e. The quantitative estimate of drug-likeness (QED) is 0.449. The van der Waals surface area contributed by atoms with Crippen molar-refractivity contribution in [2.75, 3.05) is 0 Å². The summed E-state index contributed by atoms with van der Waals surface area (Å²) < 4.78 is 0. The first kappa shape index (κ1) is 9.45. The topological polar surface area (TPSA) is 181 Å². The highest BCUT2D eigenvalue weighted by Gasteiger charge is 2.10. The lowest BCUT2D eigenvalue weighted by atomic mass is 10.6. The molecule has 2 heterocycles. The van der Waals surface area contributed by atoms with Crippen molar-refractivity contribution >= 4 is 11.9 Å². The molecule has 78 valence electrons. The first-order valence-electron chi connectivity index (χ1n) is 3.79. The molecule has 0 aliphatic rings. The summed E-state index contributed by atoms with van der Waals surface area (Å²) in [6, 6.07) is 0. The standard InChI is InChI=1S/C4H2N12/c5-15-13-3-7-1(9-11-3)2-8-4(12-10-2)14-16-6/h(H,7,9,11)(H,8,10,12). The highest BCUT2D eigenvalue weighted by Crippen LogP contribution is 2.14. The van der Waals surface area contributed by atoms with Gasteiger partial charge in [-0.3, -0.25) is 10.2 Å². The maximum absolute atomic E-state index is 8.15. The Morgan fingerprint density at radius 2 is 1.31 bits per heavy atom. The van der Waals surface area contributed by atoms with E-state index in [4.69, 9.17) is 11.1 Å². The molecule has 2 aromatic rings. The first-order valence-corrected chi connectivity index (χ1v) is 3.79. The second kappa shape index (κ2) is 3.96. The summed E-state index contributed by atoms with van der Waals surface area (Å²) in [6.07, 6.45) is 0. The smallest absolute Gasteiger partial charge is 0.221 e. The third kappa shape index (κ3) is 1.72. The molecule has 0 aromatic carbocycles. The fourth-order valence-electron chi connectivity index (χ4n) is 0.881. The Morgan fingerprint density at radius 3 is 1.69 bits per heavy atom. The normalized spacial score (nSPS) is 9.25. The van der Waals surface area contributed by atoms with Crippen LogP contribution in [-0.4, -0.2) is 30.4 Å². The lowest BCUT2D eigenvalue weighted by Gasteiger charge is -1.80. The molecule has 0 atom stereocenters. The van der Waals surface area contributed by atoms with Crippen LogP contribution in [0.3, 0.4) is 0 Å². The fourth-order valence-corrected chi connectivity index (χ4v) is 0.881. The number of H-pyrrole nitrogens is 2. The lowest BCUT2D eigenvalue weighted by Crippen LogP contribution is -1.82. The summed E-state index contributed by atoms with van der Waals surface area (Å²) in [7, 11) is 0. The predicted octanol–water partition coefficient (Wildman–Crippen LogP) is 1.47. The number of rotatable bonds is 3. The van der Waals surface area contributed by atoms with Gasteiger partial charge < -0.3 is 0 Å². The molecule has 16 heavy (non-hydrogen) atoms. The van der Waals surface area contributed by atoms with Gasteiger partial charge in [0.25, 0.3) is 0 Å². The number of aromatic amines is 2. The van der Waals surface area contributed by atoms with Crippen molar-refractivity contribution in [2.45, 2.75) is 0 Å². The number of nitrogens with zero attached hydrogens (tertiary/aromatic N) is 10. The summed E-state index contributed by atoms with van der Waals surface area (Å²) in [5.41, 5.74) is 16.3. The van der Waals surface area contributed by atoms with E-state index in [1.54, 1.807) is 0 Å². The molecule has 2 N–H and O–H groups in total. The minimum Gasteiger partial charge on any atom is -0.257 e. The van der Waals surface area contributed by atoms with Gasteiger partial charge in [-0.05, 0) is 21.3 Å². The highest BCUT2D eigenvalue weighted by atomic mass is 15.4. The highest BCUT2D eigenvalue weighted by molar-refractivity contribution is 5.45. The summed E-state index contributed by atoms with van der Waals surface area (Å²) in [4.78, 5) is 12.6. The van der Waals surface area contributed by atoms with E-state index < -0.39 is 0 Å². The van der Waals surface area contributed by atoms with Crippen molar-refractivity contribution in [3.05, 3.63) is 20.9 Å². The van der Waals surface area contributed by atoms with Crippen LogP contribution in [0.1, 0.15) is 0 Å². The van der Waals surface area contributed by atoms with Gasteiger partial charge in [-0.2, -0.15) is 0 Å². The van der Waals surface area contributed by atoms with Crippen molar-refractivity contribution in [1.82, 2.24) is 30.4 Å². The van der Waals surface area contributed by atoms with E-state index in [9.17, 15) is 0 Å². The molecular weight excluding hydrogens is 216 g/mol. The third-order valence-electron chi connectivity index (χ3n) is 1.43. The van der Waals surface area contributed by atoms with Crippen molar-refractivity contribution in [1.29, 1.82) is 0 Å². The Balaban J connectivity index is 2.34. The Labute approximate surface area is 86.0 Å². The van der Waals surface area contributed by atoms with E-state index in [1.807, 2.05) is 0 Å². The minimum absolute atomic E-state index is 0.00682. The van der Waals surface area contributed by atoms with Crippen molar-refractivity contribution in [2.24, 2.45) is 10.2 Å². The molecule has 0 fully saturated rings. The first-order chi connectivity index (χ1) is 7.83. The van der Waals surface area contributed by atoms with Crippen molar-refractivity contribution in [3.8, 4) is 11.6 Å². The van der Waals surface area contributed by atoms with Gasteiger partial charge in [-0.1, -0.05) is 0 Å². The molecular formula is C4H2N12. The molecule has 2 rings (SSSR count).